The summed E-state index contributed by atoms with van der Waals surface area (Å²) < 4.78 is 0. The van der Waals surface area contributed by atoms with Crippen molar-refractivity contribution >= 4 is 17.9 Å². The van der Waals surface area contributed by atoms with Crippen molar-refractivity contribution < 1.29 is 29.7 Å². The van der Waals surface area contributed by atoms with E-state index in [9.17, 15) is 14.4 Å². The van der Waals surface area contributed by atoms with E-state index in [-0.39, 0.29) is 12.8 Å². The van der Waals surface area contributed by atoms with Crippen molar-refractivity contribution in [2.45, 2.75) is 57.8 Å². The van der Waals surface area contributed by atoms with Crippen molar-refractivity contribution in [2.75, 3.05) is 0 Å². The molecule has 0 aliphatic carbocycles. The highest BCUT2D eigenvalue weighted by atomic mass is 16.4. The first-order valence-corrected chi connectivity index (χ1v) is 6.62. The normalized spacial score (nSPS) is 10.6. The van der Waals surface area contributed by atoms with Crippen LogP contribution in [0, 0.1) is 5.92 Å². The van der Waals surface area contributed by atoms with Crippen molar-refractivity contribution in [1.29, 1.82) is 0 Å². The Hall–Kier alpha value is -1.59. The van der Waals surface area contributed by atoms with Crippen LogP contribution in [-0.2, 0) is 14.4 Å². The van der Waals surface area contributed by atoms with Gasteiger partial charge < -0.3 is 15.3 Å². The summed E-state index contributed by atoms with van der Waals surface area (Å²) in [5.41, 5.74) is 0. The average Bonchev–Trinajstić information content (AvgIpc) is 2.30. The van der Waals surface area contributed by atoms with Crippen LogP contribution >= 0.6 is 0 Å². The Morgan fingerprint density at radius 1 is 0.684 bits per heavy atom. The molecule has 0 unspecified atom stereocenters. The molecule has 19 heavy (non-hydrogen) atoms. The van der Waals surface area contributed by atoms with Crippen LogP contribution in [0.25, 0.3) is 0 Å². The lowest BCUT2D eigenvalue weighted by Crippen LogP contribution is -2.23. The zero-order valence-electron chi connectivity index (χ0n) is 11.0. The van der Waals surface area contributed by atoms with Gasteiger partial charge in [0.25, 0.3) is 0 Å². The fourth-order valence-corrected chi connectivity index (χ4v) is 1.86. The molecule has 0 aromatic carbocycles. The van der Waals surface area contributed by atoms with Gasteiger partial charge in [-0.2, -0.15) is 0 Å². The topological polar surface area (TPSA) is 112 Å². The van der Waals surface area contributed by atoms with Crippen LogP contribution < -0.4 is 0 Å². The highest BCUT2D eigenvalue weighted by Crippen LogP contribution is 2.13. The molecular formula is C13H22O6. The number of hydrogen-bond acceptors (Lipinski definition) is 3. The number of carbonyl (C=O) groups is 3. The van der Waals surface area contributed by atoms with Crippen LogP contribution in [0.1, 0.15) is 57.8 Å². The van der Waals surface area contributed by atoms with E-state index in [4.69, 9.17) is 15.3 Å². The Balaban J connectivity index is 3.42. The summed E-state index contributed by atoms with van der Waals surface area (Å²) in [7, 11) is 0. The minimum atomic E-state index is -1.30. The Labute approximate surface area is 112 Å². The third kappa shape index (κ3) is 10.1. The summed E-state index contributed by atoms with van der Waals surface area (Å²) in [6.45, 7) is 0. The van der Waals surface area contributed by atoms with E-state index in [2.05, 4.69) is 0 Å². The Kier molecular flexibility index (Phi) is 9.48. The third-order valence-electron chi connectivity index (χ3n) is 2.98. The molecule has 0 rings (SSSR count). The highest BCUT2D eigenvalue weighted by Gasteiger charge is 2.24. The van der Waals surface area contributed by atoms with Gasteiger partial charge in [-0.1, -0.05) is 38.5 Å². The van der Waals surface area contributed by atoms with Crippen LogP contribution in [0.4, 0.5) is 0 Å². The molecule has 0 atom stereocenters. The fourth-order valence-electron chi connectivity index (χ4n) is 1.86. The van der Waals surface area contributed by atoms with E-state index in [1.807, 2.05) is 0 Å². The van der Waals surface area contributed by atoms with Gasteiger partial charge in [0.2, 0.25) is 0 Å². The summed E-state index contributed by atoms with van der Waals surface area (Å²) >= 11 is 0. The SMILES string of the molecule is O=C(O)CCCCCCCCCC(C(=O)O)C(=O)O. The van der Waals surface area contributed by atoms with Gasteiger partial charge in [0.1, 0.15) is 0 Å². The Morgan fingerprint density at radius 2 is 1.11 bits per heavy atom. The molecule has 0 bridgehead atoms. The second kappa shape index (κ2) is 10.3. The first kappa shape index (κ1) is 17.4. The van der Waals surface area contributed by atoms with E-state index in [0.717, 1.165) is 32.1 Å². The van der Waals surface area contributed by atoms with Gasteiger partial charge in [-0.05, 0) is 12.8 Å². The van der Waals surface area contributed by atoms with Gasteiger partial charge in [-0.15, -0.1) is 0 Å². The van der Waals surface area contributed by atoms with E-state index < -0.39 is 23.8 Å². The molecule has 0 fully saturated rings. The monoisotopic (exact) mass is 274 g/mol. The quantitative estimate of drug-likeness (QED) is 0.372. The molecule has 6 nitrogen and oxygen atoms in total. The molecule has 0 aromatic heterocycles. The number of rotatable bonds is 12. The molecule has 0 aromatic rings. The molecular weight excluding hydrogens is 252 g/mol. The number of carboxylic acid groups (broad SMARTS) is 3. The predicted octanol–water partition coefficient (Wildman–Crippen LogP) is 2.37. The number of aliphatic carboxylic acids is 3. The van der Waals surface area contributed by atoms with E-state index in [1.54, 1.807) is 0 Å². The molecule has 0 amide bonds. The molecule has 0 aliphatic heterocycles. The zero-order valence-corrected chi connectivity index (χ0v) is 11.0. The number of unbranched alkanes of at least 4 members (excludes halogenated alkanes) is 6. The lowest BCUT2D eigenvalue weighted by atomic mass is 10.0. The van der Waals surface area contributed by atoms with Crippen molar-refractivity contribution in [2.24, 2.45) is 5.92 Å². The van der Waals surface area contributed by atoms with Crippen LogP contribution in [-0.4, -0.2) is 33.2 Å². The number of hydrogen-bond donors (Lipinski definition) is 3. The van der Waals surface area contributed by atoms with Crippen molar-refractivity contribution in [1.82, 2.24) is 0 Å². The van der Waals surface area contributed by atoms with E-state index >= 15 is 0 Å². The first-order chi connectivity index (χ1) is 8.95. The van der Waals surface area contributed by atoms with Crippen LogP contribution in [0.15, 0.2) is 0 Å². The lowest BCUT2D eigenvalue weighted by Gasteiger charge is -2.06. The van der Waals surface area contributed by atoms with Gasteiger partial charge in [-0.25, -0.2) is 0 Å². The van der Waals surface area contributed by atoms with Crippen LogP contribution in [0.3, 0.4) is 0 Å². The maximum atomic E-state index is 10.6. The van der Waals surface area contributed by atoms with Crippen molar-refractivity contribution in [3.05, 3.63) is 0 Å². The van der Waals surface area contributed by atoms with E-state index in [0.29, 0.717) is 12.8 Å². The molecule has 6 heteroatoms. The zero-order chi connectivity index (χ0) is 14.7. The molecule has 110 valence electrons. The smallest absolute Gasteiger partial charge is 0.317 e. The average molecular weight is 274 g/mol. The molecule has 0 saturated carbocycles. The summed E-state index contributed by atoms with van der Waals surface area (Å²) in [5, 5.41) is 25.8. The standard InChI is InChI=1S/C13H22O6/c14-11(15)9-7-5-3-1-2-4-6-8-10(12(16)17)13(18)19/h10H,1-9H2,(H,14,15)(H,16,17)(H,18,19). The molecule has 0 radical (unpaired) electrons. The van der Waals surface area contributed by atoms with Gasteiger partial charge in [0.05, 0.1) is 0 Å². The maximum absolute atomic E-state index is 10.6. The molecule has 0 spiro atoms. The lowest BCUT2D eigenvalue weighted by molar-refractivity contribution is -0.154. The first-order valence-electron chi connectivity index (χ1n) is 6.62. The number of carboxylic acids is 3. The minimum absolute atomic E-state index is 0.170. The molecule has 0 aliphatic rings. The largest absolute Gasteiger partial charge is 0.481 e. The van der Waals surface area contributed by atoms with Gasteiger partial charge in [0.15, 0.2) is 5.92 Å². The molecule has 0 saturated heterocycles. The summed E-state index contributed by atoms with van der Waals surface area (Å²) in [6, 6.07) is 0. The second-order valence-electron chi connectivity index (χ2n) is 4.64. The molecule has 0 heterocycles. The van der Waals surface area contributed by atoms with Crippen molar-refractivity contribution in [3.8, 4) is 0 Å². The highest BCUT2D eigenvalue weighted by molar-refractivity contribution is 5.92. The van der Waals surface area contributed by atoms with Gasteiger partial charge >= 0.3 is 17.9 Å². The Bertz CT molecular complexity index is 286. The summed E-state index contributed by atoms with van der Waals surface area (Å²) in [4.78, 5) is 31.5. The fraction of sp³-hybridized carbons (Fsp3) is 0.769. The molecule has 3 N–H and O–H groups in total. The maximum Gasteiger partial charge on any atom is 0.317 e. The van der Waals surface area contributed by atoms with Crippen LogP contribution in [0.2, 0.25) is 0 Å². The second-order valence-corrected chi connectivity index (χ2v) is 4.64. The summed E-state index contributed by atoms with van der Waals surface area (Å²) in [6.07, 6.45) is 6.24. The predicted molar refractivity (Wildman–Crippen MR) is 68.0 cm³/mol. The van der Waals surface area contributed by atoms with Gasteiger partial charge in [0, 0.05) is 6.42 Å². The third-order valence-corrected chi connectivity index (χ3v) is 2.98. The van der Waals surface area contributed by atoms with Crippen molar-refractivity contribution in [3.63, 3.8) is 0 Å². The van der Waals surface area contributed by atoms with Gasteiger partial charge in [-0.3, -0.25) is 14.4 Å². The van der Waals surface area contributed by atoms with E-state index in [1.165, 1.54) is 0 Å². The van der Waals surface area contributed by atoms with Crippen LogP contribution in [0.5, 0.6) is 0 Å². The minimum Gasteiger partial charge on any atom is -0.481 e. The Morgan fingerprint density at radius 3 is 1.53 bits per heavy atom. The summed E-state index contributed by atoms with van der Waals surface area (Å²) in [5.74, 6) is -4.62.